The van der Waals surface area contributed by atoms with Crippen molar-refractivity contribution in [2.24, 2.45) is 0 Å². The number of fused-ring (bicyclic) bond motifs is 1. The van der Waals surface area contributed by atoms with E-state index in [2.05, 4.69) is 26.9 Å². The third kappa shape index (κ3) is 2.06. The SMILES string of the molecule is Cc1cccc(C#Cc2ccc3ncnn3c2)n1. The molecule has 4 nitrogen and oxygen atoms in total. The summed E-state index contributed by atoms with van der Waals surface area (Å²) in [5.41, 5.74) is 3.44. The summed E-state index contributed by atoms with van der Waals surface area (Å²) in [6.07, 6.45) is 3.37. The molecule has 0 aromatic carbocycles. The molecule has 3 aromatic heterocycles. The van der Waals surface area contributed by atoms with E-state index in [1.807, 2.05) is 43.5 Å². The lowest BCUT2D eigenvalue weighted by Crippen LogP contribution is -1.89. The van der Waals surface area contributed by atoms with Crippen molar-refractivity contribution in [3.8, 4) is 11.8 Å². The average Bonchev–Trinajstić information content (AvgIpc) is 2.84. The van der Waals surface area contributed by atoms with Gasteiger partial charge in [-0.3, -0.25) is 0 Å². The van der Waals surface area contributed by atoms with E-state index in [1.165, 1.54) is 6.33 Å². The molecule has 0 aliphatic rings. The predicted molar refractivity (Wildman–Crippen MR) is 67.9 cm³/mol. The van der Waals surface area contributed by atoms with E-state index in [0.29, 0.717) is 0 Å². The first kappa shape index (κ1) is 10.5. The number of nitrogens with zero attached hydrogens (tertiary/aromatic N) is 4. The maximum atomic E-state index is 4.33. The maximum absolute atomic E-state index is 4.33. The molecule has 0 aliphatic carbocycles. The Morgan fingerprint density at radius 3 is 2.94 bits per heavy atom. The van der Waals surface area contributed by atoms with E-state index in [4.69, 9.17) is 0 Å². The molecule has 0 aliphatic heterocycles. The second kappa shape index (κ2) is 4.30. The Hall–Kier alpha value is -2.67. The summed E-state index contributed by atoms with van der Waals surface area (Å²) in [5.74, 6) is 6.10. The number of pyridine rings is 2. The van der Waals surface area contributed by atoms with Gasteiger partial charge in [0.1, 0.15) is 12.0 Å². The molecule has 0 bridgehead atoms. The molecule has 0 saturated heterocycles. The molecule has 3 rings (SSSR count). The third-order valence-corrected chi connectivity index (χ3v) is 2.50. The second-order valence-corrected chi connectivity index (χ2v) is 3.89. The molecule has 3 aromatic rings. The van der Waals surface area contributed by atoms with Crippen molar-refractivity contribution in [3.63, 3.8) is 0 Å². The van der Waals surface area contributed by atoms with Crippen LogP contribution in [0.25, 0.3) is 5.65 Å². The Balaban J connectivity index is 1.97. The van der Waals surface area contributed by atoms with Crippen LogP contribution in [-0.4, -0.2) is 19.6 Å². The van der Waals surface area contributed by atoms with Crippen LogP contribution in [0.3, 0.4) is 0 Å². The molecule has 0 spiro atoms. The van der Waals surface area contributed by atoms with E-state index < -0.39 is 0 Å². The van der Waals surface area contributed by atoms with Crippen LogP contribution >= 0.6 is 0 Å². The quantitative estimate of drug-likeness (QED) is 0.557. The van der Waals surface area contributed by atoms with Gasteiger partial charge in [0.05, 0.1) is 0 Å². The minimum Gasteiger partial charge on any atom is -0.245 e. The Morgan fingerprint density at radius 2 is 2.06 bits per heavy atom. The minimum atomic E-state index is 0.772. The van der Waals surface area contributed by atoms with Crippen LogP contribution in [0.5, 0.6) is 0 Å². The number of hydrogen-bond donors (Lipinski definition) is 0. The third-order valence-electron chi connectivity index (χ3n) is 2.50. The lowest BCUT2D eigenvalue weighted by molar-refractivity contribution is 0.958. The van der Waals surface area contributed by atoms with Gasteiger partial charge in [0.25, 0.3) is 0 Å². The monoisotopic (exact) mass is 234 g/mol. The van der Waals surface area contributed by atoms with Crippen molar-refractivity contribution in [2.45, 2.75) is 6.92 Å². The van der Waals surface area contributed by atoms with Crippen LogP contribution in [0.1, 0.15) is 17.0 Å². The van der Waals surface area contributed by atoms with Crippen LogP contribution in [0.4, 0.5) is 0 Å². The molecule has 0 N–H and O–H groups in total. The van der Waals surface area contributed by atoms with Crippen molar-refractivity contribution >= 4 is 5.65 Å². The molecular formula is C14H10N4. The summed E-state index contributed by atoms with van der Waals surface area (Å²) >= 11 is 0. The fourth-order valence-electron chi connectivity index (χ4n) is 1.64. The highest BCUT2D eigenvalue weighted by Crippen LogP contribution is 2.02. The first-order chi connectivity index (χ1) is 8.81. The van der Waals surface area contributed by atoms with Crippen molar-refractivity contribution in [1.29, 1.82) is 0 Å². The van der Waals surface area contributed by atoms with Crippen molar-refractivity contribution in [2.75, 3.05) is 0 Å². The van der Waals surface area contributed by atoms with Gasteiger partial charge >= 0.3 is 0 Å². The van der Waals surface area contributed by atoms with Gasteiger partial charge in [-0.05, 0) is 37.1 Å². The first-order valence-corrected chi connectivity index (χ1v) is 5.56. The molecular weight excluding hydrogens is 224 g/mol. The van der Waals surface area contributed by atoms with Crippen LogP contribution < -0.4 is 0 Å². The van der Waals surface area contributed by atoms with Gasteiger partial charge in [-0.15, -0.1) is 0 Å². The highest BCUT2D eigenvalue weighted by Gasteiger charge is 1.95. The van der Waals surface area contributed by atoms with Crippen LogP contribution in [-0.2, 0) is 0 Å². The smallest absolute Gasteiger partial charge is 0.155 e. The summed E-state index contributed by atoms with van der Waals surface area (Å²) in [6, 6.07) is 9.61. The molecule has 4 heteroatoms. The summed E-state index contributed by atoms with van der Waals surface area (Å²) in [7, 11) is 0. The Morgan fingerprint density at radius 1 is 1.11 bits per heavy atom. The van der Waals surface area contributed by atoms with Crippen molar-refractivity contribution in [3.05, 3.63) is 59.8 Å². The van der Waals surface area contributed by atoms with Gasteiger partial charge in [-0.2, -0.15) is 5.10 Å². The van der Waals surface area contributed by atoms with Gasteiger partial charge < -0.3 is 0 Å². The van der Waals surface area contributed by atoms with Gasteiger partial charge in [-0.25, -0.2) is 14.5 Å². The highest BCUT2D eigenvalue weighted by atomic mass is 15.3. The number of rotatable bonds is 0. The fraction of sp³-hybridized carbons (Fsp3) is 0.0714. The number of hydrogen-bond acceptors (Lipinski definition) is 3. The molecule has 0 saturated carbocycles. The summed E-state index contributed by atoms with van der Waals surface area (Å²) < 4.78 is 1.70. The molecule has 0 radical (unpaired) electrons. The zero-order chi connectivity index (χ0) is 12.4. The van der Waals surface area contributed by atoms with E-state index in [-0.39, 0.29) is 0 Å². The Labute approximate surface area is 104 Å². The van der Waals surface area contributed by atoms with Crippen LogP contribution in [0.15, 0.2) is 42.9 Å². The van der Waals surface area contributed by atoms with E-state index in [0.717, 1.165) is 22.6 Å². The topological polar surface area (TPSA) is 43.1 Å². The van der Waals surface area contributed by atoms with E-state index in [1.54, 1.807) is 4.52 Å². The van der Waals surface area contributed by atoms with Crippen LogP contribution in [0, 0.1) is 18.8 Å². The Bertz CT molecular complexity index is 762. The lowest BCUT2D eigenvalue weighted by atomic mass is 10.2. The normalized spacial score (nSPS) is 10.1. The highest BCUT2D eigenvalue weighted by molar-refractivity contribution is 5.44. The summed E-state index contributed by atoms with van der Waals surface area (Å²) in [6.45, 7) is 1.95. The molecule has 3 heterocycles. The largest absolute Gasteiger partial charge is 0.245 e. The van der Waals surface area contributed by atoms with Gasteiger partial charge in [0.15, 0.2) is 5.65 Å². The van der Waals surface area contributed by atoms with Crippen molar-refractivity contribution < 1.29 is 0 Å². The van der Waals surface area contributed by atoms with Gasteiger partial charge in [0, 0.05) is 17.5 Å². The number of aromatic nitrogens is 4. The summed E-state index contributed by atoms with van der Waals surface area (Å²) in [5, 5.41) is 4.07. The molecule has 0 amide bonds. The zero-order valence-electron chi connectivity index (χ0n) is 9.83. The van der Waals surface area contributed by atoms with Crippen molar-refractivity contribution in [1.82, 2.24) is 19.6 Å². The molecule has 0 unspecified atom stereocenters. The molecule has 86 valence electrons. The Kier molecular flexibility index (Phi) is 2.50. The second-order valence-electron chi connectivity index (χ2n) is 3.89. The maximum Gasteiger partial charge on any atom is 0.155 e. The average molecular weight is 234 g/mol. The van der Waals surface area contributed by atoms with E-state index in [9.17, 15) is 0 Å². The lowest BCUT2D eigenvalue weighted by Gasteiger charge is -1.93. The fourth-order valence-corrected chi connectivity index (χ4v) is 1.64. The predicted octanol–water partition coefficient (Wildman–Crippen LogP) is 1.83. The van der Waals surface area contributed by atoms with Gasteiger partial charge in [-0.1, -0.05) is 12.0 Å². The van der Waals surface area contributed by atoms with Gasteiger partial charge in [0.2, 0.25) is 0 Å². The standard InChI is InChI=1S/C14H10N4/c1-11-3-2-4-13(17-11)7-5-12-6-8-14-15-10-16-18(14)9-12/h2-4,6,8-10H,1H3. The van der Waals surface area contributed by atoms with Crippen LogP contribution in [0.2, 0.25) is 0 Å². The summed E-state index contributed by atoms with van der Waals surface area (Å²) in [4.78, 5) is 8.41. The van der Waals surface area contributed by atoms with E-state index >= 15 is 0 Å². The molecule has 0 fully saturated rings. The number of aryl methyl sites for hydroxylation is 1. The zero-order valence-corrected chi connectivity index (χ0v) is 9.83. The minimum absolute atomic E-state index is 0.772. The molecule has 18 heavy (non-hydrogen) atoms. The molecule has 0 atom stereocenters. The first-order valence-electron chi connectivity index (χ1n) is 5.56.